The van der Waals surface area contributed by atoms with E-state index in [0.717, 1.165) is 11.8 Å². The van der Waals surface area contributed by atoms with Crippen LogP contribution in [0.3, 0.4) is 0 Å². The minimum Gasteiger partial charge on any atom is -0.394 e. The molecule has 0 amide bonds. The fourth-order valence-electron chi connectivity index (χ4n) is 1.03. The highest BCUT2D eigenvalue weighted by atomic mass is 32.2. The van der Waals surface area contributed by atoms with Crippen LogP contribution in [0.2, 0.25) is 0 Å². The summed E-state index contributed by atoms with van der Waals surface area (Å²) in [4.78, 5) is 11.8. The Hall–Kier alpha value is -1.40. The summed E-state index contributed by atoms with van der Waals surface area (Å²) in [6.07, 6.45) is 0. The Balaban J connectivity index is 5.60. The molecule has 0 aliphatic carbocycles. The lowest BCUT2D eigenvalue weighted by Gasteiger charge is -2.34. The van der Waals surface area contributed by atoms with Crippen LogP contribution in [0, 0.1) is 0 Å². The molecule has 0 atom stereocenters. The molecule has 0 aromatic rings. The molecule has 18 heavy (non-hydrogen) atoms. The Labute approximate surface area is 113 Å². The first-order chi connectivity index (χ1) is 7.98. The molecule has 0 aromatic carbocycles. The van der Waals surface area contributed by atoms with Gasteiger partial charge < -0.3 is 11.5 Å². The quantitative estimate of drug-likeness (QED) is 0.302. The van der Waals surface area contributed by atoms with Crippen molar-refractivity contribution in [1.82, 2.24) is 5.01 Å². The molecule has 0 aliphatic heterocycles. The van der Waals surface area contributed by atoms with E-state index in [9.17, 15) is 4.79 Å². The number of ketones is 1. The SMILES string of the molecule is C=C(N)S/C(C(=C)C(C)=O)=C(\N)N(N)C(C)(C)C. The Morgan fingerprint density at radius 3 is 1.94 bits per heavy atom. The number of thioether (sulfide) groups is 1. The maximum absolute atomic E-state index is 11.4. The van der Waals surface area contributed by atoms with Gasteiger partial charge in [0.05, 0.1) is 9.93 Å². The first kappa shape index (κ1) is 16.6. The number of Topliss-reactive ketones (excluding diaryl/α,β-unsaturated/α-hetero) is 1. The molecule has 0 bridgehead atoms. The highest BCUT2D eigenvalue weighted by Gasteiger charge is 2.24. The average molecular weight is 270 g/mol. The zero-order valence-electron chi connectivity index (χ0n) is 11.4. The second-order valence-corrected chi connectivity index (χ2v) is 6.00. The Kier molecular flexibility index (Phi) is 5.51. The maximum atomic E-state index is 11.4. The fourth-order valence-corrected chi connectivity index (χ4v) is 1.76. The molecule has 0 aliphatic rings. The van der Waals surface area contributed by atoms with E-state index in [1.54, 1.807) is 0 Å². The Morgan fingerprint density at radius 1 is 1.22 bits per heavy atom. The van der Waals surface area contributed by atoms with E-state index in [1.165, 1.54) is 11.9 Å². The molecule has 0 heterocycles. The molecule has 0 saturated heterocycles. The van der Waals surface area contributed by atoms with Crippen molar-refractivity contribution in [2.45, 2.75) is 33.2 Å². The summed E-state index contributed by atoms with van der Waals surface area (Å²) in [6, 6.07) is 0. The maximum Gasteiger partial charge on any atom is 0.160 e. The molecule has 0 fully saturated rings. The van der Waals surface area contributed by atoms with Crippen LogP contribution in [0.1, 0.15) is 27.7 Å². The summed E-state index contributed by atoms with van der Waals surface area (Å²) in [5.41, 5.74) is 11.4. The number of rotatable bonds is 5. The third-order valence-corrected chi connectivity index (χ3v) is 3.07. The van der Waals surface area contributed by atoms with Crippen molar-refractivity contribution in [2.24, 2.45) is 17.3 Å². The topological polar surface area (TPSA) is 98.4 Å². The van der Waals surface area contributed by atoms with Gasteiger partial charge in [0, 0.05) is 11.1 Å². The Bertz CT molecular complexity index is 407. The standard InChI is InChI=1S/C12H22N4OS/c1-7(8(2)17)10(18-9(3)13)11(14)16(15)12(4,5)6/h1,3,13-15H2,2,4-6H3/b11-10+. The zero-order valence-corrected chi connectivity index (χ0v) is 12.2. The summed E-state index contributed by atoms with van der Waals surface area (Å²) in [6.45, 7) is 14.4. The van der Waals surface area contributed by atoms with Crippen LogP contribution in [-0.2, 0) is 4.79 Å². The van der Waals surface area contributed by atoms with Gasteiger partial charge in [0.1, 0.15) is 5.82 Å². The summed E-state index contributed by atoms with van der Waals surface area (Å²) >= 11 is 1.08. The van der Waals surface area contributed by atoms with Crippen molar-refractivity contribution in [3.05, 3.63) is 34.5 Å². The lowest BCUT2D eigenvalue weighted by atomic mass is 10.1. The van der Waals surface area contributed by atoms with E-state index < -0.39 is 0 Å². The number of carbonyl (C=O) groups is 1. The fraction of sp³-hybridized carbons (Fsp3) is 0.417. The number of hydrogen-bond acceptors (Lipinski definition) is 6. The molecule has 0 spiro atoms. The van der Waals surface area contributed by atoms with Gasteiger partial charge in [-0.05, 0) is 27.7 Å². The summed E-state index contributed by atoms with van der Waals surface area (Å²) in [5.74, 6) is 5.98. The predicted octanol–water partition coefficient (Wildman–Crippen LogP) is 1.40. The van der Waals surface area contributed by atoms with Gasteiger partial charge in [-0.2, -0.15) is 0 Å². The first-order valence-corrected chi connectivity index (χ1v) is 6.17. The highest BCUT2D eigenvalue weighted by molar-refractivity contribution is 8.06. The highest BCUT2D eigenvalue weighted by Crippen LogP contribution is 2.30. The molecule has 102 valence electrons. The lowest BCUT2D eigenvalue weighted by molar-refractivity contribution is -0.113. The number of allylic oxidation sites excluding steroid dienone is 1. The largest absolute Gasteiger partial charge is 0.394 e. The van der Waals surface area contributed by atoms with Gasteiger partial charge in [-0.15, -0.1) is 0 Å². The predicted molar refractivity (Wildman–Crippen MR) is 77.7 cm³/mol. The van der Waals surface area contributed by atoms with Gasteiger partial charge in [0.25, 0.3) is 0 Å². The van der Waals surface area contributed by atoms with Crippen LogP contribution in [0.25, 0.3) is 0 Å². The monoisotopic (exact) mass is 270 g/mol. The first-order valence-electron chi connectivity index (χ1n) is 5.35. The van der Waals surface area contributed by atoms with Crippen LogP contribution in [0.15, 0.2) is 34.5 Å². The zero-order chi connectivity index (χ0) is 14.7. The van der Waals surface area contributed by atoms with Crippen LogP contribution in [0.5, 0.6) is 0 Å². The van der Waals surface area contributed by atoms with Crippen molar-refractivity contribution in [1.29, 1.82) is 0 Å². The molecular weight excluding hydrogens is 248 g/mol. The third kappa shape index (κ3) is 4.46. The van der Waals surface area contributed by atoms with Crippen molar-refractivity contribution >= 4 is 17.5 Å². The van der Waals surface area contributed by atoms with Crippen molar-refractivity contribution in [2.75, 3.05) is 0 Å². The average Bonchev–Trinajstić information content (AvgIpc) is 2.21. The van der Waals surface area contributed by atoms with E-state index in [-0.39, 0.29) is 22.7 Å². The molecule has 0 aromatic heterocycles. The summed E-state index contributed by atoms with van der Waals surface area (Å²) < 4.78 is 0. The number of hydrogen-bond donors (Lipinski definition) is 3. The molecule has 0 rings (SSSR count). The van der Waals surface area contributed by atoms with Gasteiger partial charge in [-0.3, -0.25) is 9.80 Å². The van der Waals surface area contributed by atoms with Crippen LogP contribution in [-0.4, -0.2) is 16.3 Å². The molecule has 0 radical (unpaired) electrons. The Morgan fingerprint density at radius 2 is 1.67 bits per heavy atom. The smallest absolute Gasteiger partial charge is 0.160 e. The summed E-state index contributed by atoms with van der Waals surface area (Å²) in [7, 11) is 0. The number of nitrogens with zero attached hydrogens (tertiary/aromatic N) is 1. The normalized spacial score (nSPS) is 12.7. The van der Waals surface area contributed by atoms with Crippen molar-refractivity contribution < 1.29 is 4.79 Å². The molecule has 0 saturated carbocycles. The van der Waals surface area contributed by atoms with E-state index in [0.29, 0.717) is 9.93 Å². The van der Waals surface area contributed by atoms with Gasteiger partial charge in [0.2, 0.25) is 0 Å². The van der Waals surface area contributed by atoms with Gasteiger partial charge in [-0.25, -0.2) is 5.84 Å². The van der Waals surface area contributed by atoms with Gasteiger partial charge >= 0.3 is 0 Å². The molecule has 6 N–H and O–H groups in total. The van der Waals surface area contributed by atoms with Crippen LogP contribution >= 0.6 is 11.8 Å². The van der Waals surface area contributed by atoms with Crippen LogP contribution < -0.4 is 17.3 Å². The lowest BCUT2D eigenvalue weighted by Crippen LogP contribution is -2.48. The molecule has 0 unspecified atom stereocenters. The van der Waals surface area contributed by atoms with Crippen molar-refractivity contribution in [3.8, 4) is 0 Å². The van der Waals surface area contributed by atoms with Crippen molar-refractivity contribution in [3.63, 3.8) is 0 Å². The number of carbonyl (C=O) groups excluding carboxylic acids is 1. The minimum absolute atomic E-state index is 0.191. The molecule has 6 heteroatoms. The summed E-state index contributed by atoms with van der Waals surface area (Å²) in [5, 5.41) is 1.70. The molecular formula is C12H22N4OS. The van der Waals surface area contributed by atoms with E-state index in [4.69, 9.17) is 17.3 Å². The van der Waals surface area contributed by atoms with E-state index in [2.05, 4.69) is 13.2 Å². The third-order valence-electron chi connectivity index (χ3n) is 2.15. The number of hydrazine groups is 1. The van der Waals surface area contributed by atoms with Gasteiger partial charge in [0.15, 0.2) is 5.78 Å². The van der Waals surface area contributed by atoms with E-state index in [1.807, 2.05) is 20.8 Å². The second-order valence-electron chi connectivity index (χ2n) is 4.86. The van der Waals surface area contributed by atoms with Gasteiger partial charge in [-0.1, -0.05) is 24.9 Å². The minimum atomic E-state index is -0.386. The van der Waals surface area contributed by atoms with E-state index >= 15 is 0 Å². The molecule has 5 nitrogen and oxygen atoms in total. The number of nitrogens with two attached hydrogens (primary N) is 3. The van der Waals surface area contributed by atoms with Crippen LogP contribution in [0.4, 0.5) is 0 Å². The second kappa shape index (κ2) is 5.97.